The van der Waals surface area contributed by atoms with Gasteiger partial charge in [-0.1, -0.05) is 6.92 Å². The van der Waals surface area contributed by atoms with Crippen molar-refractivity contribution in [1.29, 1.82) is 0 Å². The topological polar surface area (TPSA) is 88.1 Å². The van der Waals surface area contributed by atoms with Crippen LogP contribution in [0.5, 0.6) is 0 Å². The van der Waals surface area contributed by atoms with E-state index in [9.17, 15) is 14.4 Å². The summed E-state index contributed by atoms with van der Waals surface area (Å²) >= 11 is 0. The maximum Gasteiger partial charge on any atom is 0.303 e. The van der Waals surface area contributed by atoms with Gasteiger partial charge in [0.05, 0.1) is 12.2 Å². The smallest absolute Gasteiger partial charge is 0.303 e. The minimum absolute atomic E-state index is 0.0609. The molecule has 7 nitrogen and oxygen atoms in total. The first-order valence-corrected chi connectivity index (χ1v) is 6.85. The molecule has 1 heterocycles. The van der Waals surface area contributed by atoms with Gasteiger partial charge in [0, 0.05) is 26.7 Å². The van der Waals surface area contributed by atoms with Crippen molar-refractivity contribution in [2.24, 2.45) is 5.92 Å². The molecule has 1 aliphatic rings. The normalized spacial score (nSPS) is 32.1. The molecule has 1 fully saturated rings. The average Bonchev–Trinajstić information content (AvgIpc) is 2.35. The minimum Gasteiger partial charge on any atom is -0.463 e. The Balaban J connectivity index is 2.87. The Kier molecular flexibility index (Phi) is 6.14. The molecule has 0 spiro atoms. The van der Waals surface area contributed by atoms with Crippen LogP contribution in [0.25, 0.3) is 0 Å². The molecule has 5 atom stereocenters. The van der Waals surface area contributed by atoms with E-state index in [4.69, 9.17) is 18.9 Å². The minimum atomic E-state index is -0.685. The van der Waals surface area contributed by atoms with E-state index in [2.05, 4.69) is 0 Å². The highest BCUT2D eigenvalue weighted by molar-refractivity contribution is 5.67. The molecule has 0 aliphatic carbocycles. The van der Waals surface area contributed by atoms with Crippen LogP contribution in [-0.4, -0.2) is 48.9 Å². The van der Waals surface area contributed by atoms with E-state index in [1.807, 2.05) is 0 Å². The molecule has 1 saturated heterocycles. The van der Waals surface area contributed by atoms with Crippen molar-refractivity contribution in [2.45, 2.75) is 59.0 Å². The van der Waals surface area contributed by atoms with Crippen LogP contribution in [-0.2, 0) is 33.3 Å². The molecule has 0 aromatic rings. The molecule has 0 amide bonds. The van der Waals surface area contributed by atoms with Gasteiger partial charge in [-0.25, -0.2) is 0 Å². The summed E-state index contributed by atoms with van der Waals surface area (Å²) in [5, 5.41) is 0. The van der Waals surface area contributed by atoms with Crippen molar-refractivity contribution in [3.8, 4) is 0 Å². The lowest BCUT2D eigenvalue weighted by Crippen LogP contribution is -2.56. The molecule has 1 aliphatic heterocycles. The van der Waals surface area contributed by atoms with Crippen LogP contribution < -0.4 is 0 Å². The Labute approximate surface area is 123 Å². The number of carbonyl (C=O) groups is 3. The van der Waals surface area contributed by atoms with Crippen molar-refractivity contribution < 1.29 is 33.3 Å². The highest BCUT2D eigenvalue weighted by Crippen LogP contribution is 2.30. The lowest BCUT2D eigenvalue weighted by molar-refractivity contribution is -0.226. The van der Waals surface area contributed by atoms with Gasteiger partial charge in [0.1, 0.15) is 12.7 Å². The fraction of sp³-hybridized carbons (Fsp3) is 0.786. The third-order valence-corrected chi connectivity index (χ3v) is 3.34. The van der Waals surface area contributed by atoms with Crippen molar-refractivity contribution in [2.75, 3.05) is 6.61 Å². The van der Waals surface area contributed by atoms with Gasteiger partial charge in [0.2, 0.25) is 0 Å². The summed E-state index contributed by atoms with van der Waals surface area (Å²) in [6, 6.07) is 0. The molecule has 0 radical (unpaired) electrons. The zero-order chi connectivity index (χ0) is 16.2. The van der Waals surface area contributed by atoms with Gasteiger partial charge in [-0.15, -0.1) is 0 Å². The number of ether oxygens (including phenoxy) is 4. The van der Waals surface area contributed by atoms with Gasteiger partial charge in [-0.3, -0.25) is 14.4 Å². The van der Waals surface area contributed by atoms with Crippen molar-refractivity contribution in [3.63, 3.8) is 0 Å². The summed E-state index contributed by atoms with van der Waals surface area (Å²) in [6.07, 6.45) is -2.24. The van der Waals surface area contributed by atoms with Crippen LogP contribution in [0.4, 0.5) is 0 Å². The van der Waals surface area contributed by atoms with Crippen LogP contribution in [0.2, 0.25) is 0 Å². The number of hydrogen-bond donors (Lipinski definition) is 0. The molecule has 0 bridgehead atoms. The average molecular weight is 302 g/mol. The summed E-state index contributed by atoms with van der Waals surface area (Å²) in [7, 11) is 0. The molecular formula is C14H22O7. The standard InChI is InChI=1S/C14H22O7/c1-7-12(6-18-9(3)15)19-8(2)14(21-11(5)17)13(7)20-10(4)16/h7-8,12-14H,6H2,1-5H3/t7-,8-,12?,13-,14?/m0/s1. The molecule has 0 aromatic heterocycles. The molecule has 7 heteroatoms. The van der Waals surface area contributed by atoms with Gasteiger partial charge in [-0.2, -0.15) is 0 Å². The molecule has 1 rings (SSSR count). The third kappa shape index (κ3) is 5.00. The van der Waals surface area contributed by atoms with Crippen LogP contribution in [0.3, 0.4) is 0 Å². The molecule has 0 N–H and O–H groups in total. The fourth-order valence-electron chi connectivity index (χ4n) is 2.37. The van der Waals surface area contributed by atoms with E-state index < -0.39 is 42.3 Å². The highest BCUT2D eigenvalue weighted by atomic mass is 16.6. The van der Waals surface area contributed by atoms with Gasteiger partial charge < -0.3 is 18.9 Å². The van der Waals surface area contributed by atoms with Crippen LogP contribution in [0.15, 0.2) is 0 Å². The second-order valence-electron chi connectivity index (χ2n) is 5.19. The zero-order valence-corrected chi connectivity index (χ0v) is 13.0. The summed E-state index contributed by atoms with van der Waals surface area (Å²) in [4.78, 5) is 33.4. The Morgan fingerprint density at radius 3 is 1.90 bits per heavy atom. The van der Waals surface area contributed by atoms with E-state index >= 15 is 0 Å². The Morgan fingerprint density at radius 2 is 1.43 bits per heavy atom. The zero-order valence-electron chi connectivity index (χ0n) is 13.0. The monoisotopic (exact) mass is 302 g/mol. The second kappa shape index (κ2) is 7.40. The molecule has 21 heavy (non-hydrogen) atoms. The second-order valence-corrected chi connectivity index (χ2v) is 5.19. The SMILES string of the molecule is CC(=O)OCC1O[C@@H](C)C(OC(C)=O)[C@@H](OC(C)=O)[C@H]1C. The summed E-state index contributed by atoms with van der Waals surface area (Å²) in [6.45, 7) is 7.46. The Morgan fingerprint density at radius 1 is 0.905 bits per heavy atom. The van der Waals surface area contributed by atoms with Crippen molar-refractivity contribution in [3.05, 3.63) is 0 Å². The van der Waals surface area contributed by atoms with Gasteiger partial charge in [0.15, 0.2) is 6.10 Å². The predicted molar refractivity (Wildman–Crippen MR) is 71.2 cm³/mol. The first kappa shape index (κ1) is 17.4. The Bertz CT molecular complexity index is 406. The van der Waals surface area contributed by atoms with Gasteiger partial charge in [-0.05, 0) is 6.92 Å². The van der Waals surface area contributed by atoms with E-state index in [1.54, 1.807) is 13.8 Å². The van der Waals surface area contributed by atoms with E-state index in [0.717, 1.165) is 0 Å². The van der Waals surface area contributed by atoms with Crippen molar-refractivity contribution in [1.82, 2.24) is 0 Å². The number of esters is 3. The number of rotatable bonds is 4. The van der Waals surface area contributed by atoms with Crippen LogP contribution in [0, 0.1) is 5.92 Å². The van der Waals surface area contributed by atoms with Crippen molar-refractivity contribution >= 4 is 17.9 Å². The lowest BCUT2D eigenvalue weighted by atomic mass is 9.88. The van der Waals surface area contributed by atoms with Gasteiger partial charge in [0.25, 0.3) is 0 Å². The molecule has 2 unspecified atom stereocenters. The van der Waals surface area contributed by atoms with E-state index in [0.29, 0.717) is 0 Å². The first-order valence-electron chi connectivity index (χ1n) is 6.85. The van der Waals surface area contributed by atoms with Crippen LogP contribution in [0.1, 0.15) is 34.6 Å². The molecule has 0 saturated carbocycles. The molecular weight excluding hydrogens is 280 g/mol. The lowest BCUT2D eigenvalue weighted by Gasteiger charge is -2.43. The van der Waals surface area contributed by atoms with Crippen LogP contribution >= 0.6 is 0 Å². The fourth-order valence-corrected chi connectivity index (χ4v) is 2.37. The molecule has 120 valence electrons. The summed E-state index contributed by atoms with van der Waals surface area (Å²) in [5.41, 5.74) is 0. The first-order chi connectivity index (χ1) is 9.72. The Hall–Kier alpha value is -1.63. The third-order valence-electron chi connectivity index (χ3n) is 3.34. The summed E-state index contributed by atoms with van der Waals surface area (Å²) in [5.74, 6) is -1.64. The maximum absolute atomic E-state index is 11.3. The largest absolute Gasteiger partial charge is 0.463 e. The summed E-state index contributed by atoms with van der Waals surface area (Å²) < 4.78 is 21.2. The molecule has 0 aromatic carbocycles. The quantitative estimate of drug-likeness (QED) is 0.561. The number of hydrogen-bond acceptors (Lipinski definition) is 7. The van der Waals surface area contributed by atoms with Gasteiger partial charge >= 0.3 is 17.9 Å². The number of carbonyl (C=O) groups excluding carboxylic acids is 3. The predicted octanol–water partition coefficient (Wildman–Crippen LogP) is 0.836. The van der Waals surface area contributed by atoms with E-state index in [-0.39, 0.29) is 12.5 Å². The van der Waals surface area contributed by atoms with E-state index in [1.165, 1.54) is 20.8 Å². The maximum atomic E-state index is 11.3. The highest BCUT2D eigenvalue weighted by Gasteiger charge is 2.46.